The summed E-state index contributed by atoms with van der Waals surface area (Å²) in [5.74, 6) is -0.175. The summed E-state index contributed by atoms with van der Waals surface area (Å²) in [5.41, 5.74) is 1.86. The molecule has 1 saturated heterocycles. The molecule has 3 rings (SSSR count). The van der Waals surface area contributed by atoms with Crippen LogP contribution in [0.3, 0.4) is 0 Å². The first-order valence-corrected chi connectivity index (χ1v) is 5.33. The van der Waals surface area contributed by atoms with Crippen LogP contribution in [0.1, 0.15) is 17.2 Å². The van der Waals surface area contributed by atoms with E-state index in [0.29, 0.717) is 6.42 Å². The number of fused-ring (bicyclic) bond motifs is 3. The quantitative estimate of drug-likeness (QED) is 0.573. The van der Waals surface area contributed by atoms with Gasteiger partial charge in [0.1, 0.15) is 6.61 Å². The predicted octanol–water partition coefficient (Wildman–Crippen LogP) is 0.707. The zero-order valence-electron chi connectivity index (χ0n) is 8.88. The Morgan fingerprint density at radius 3 is 3.06 bits per heavy atom. The van der Waals surface area contributed by atoms with E-state index in [1.807, 2.05) is 0 Å². The normalized spacial score (nSPS) is 26.0. The van der Waals surface area contributed by atoms with Crippen molar-refractivity contribution in [3.05, 3.63) is 39.4 Å². The van der Waals surface area contributed by atoms with Gasteiger partial charge in [0, 0.05) is 18.6 Å². The first kappa shape index (κ1) is 10.2. The number of non-ortho nitro benzene ring substituents is 1. The molecule has 0 radical (unpaired) electrons. The number of ether oxygens (including phenoxy) is 1. The van der Waals surface area contributed by atoms with Crippen molar-refractivity contribution in [2.45, 2.75) is 18.6 Å². The van der Waals surface area contributed by atoms with Crippen LogP contribution in [0.25, 0.3) is 0 Å². The van der Waals surface area contributed by atoms with Crippen molar-refractivity contribution in [1.29, 1.82) is 0 Å². The van der Waals surface area contributed by atoms with Crippen LogP contribution in [0.4, 0.5) is 5.69 Å². The summed E-state index contributed by atoms with van der Waals surface area (Å²) >= 11 is 0. The summed E-state index contributed by atoms with van der Waals surface area (Å²) in [6, 6.07) is 4.50. The number of nitrogens with one attached hydrogen (secondary N) is 1. The van der Waals surface area contributed by atoms with Gasteiger partial charge in [0.25, 0.3) is 5.69 Å². The lowest BCUT2D eigenvalue weighted by atomic mass is 10.1. The lowest BCUT2D eigenvalue weighted by Gasteiger charge is -2.27. The Labute approximate surface area is 96.7 Å². The fraction of sp³-hybridized carbons (Fsp3) is 0.364. The molecular weight excluding hydrogens is 224 g/mol. The molecule has 17 heavy (non-hydrogen) atoms. The highest BCUT2D eigenvalue weighted by Gasteiger charge is 2.38. The second-order valence-electron chi connectivity index (χ2n) is 4.24. The Kier molecular flexibility index (Phi) is 2.12. The van der Waals surface area contributed by atoms with E-state index in [1.165, 1.54) is 12.1 Å². The maximum Gasteiger partial charge on any atom is 0.269 e. The minimum Gasteiger partial charge on any atom is -0.366 e. The van der Waals surface area contributed by atoms with Gasteiger partial charge in [0.05, 0.1) is 17.1 Å². The Hall–Kier alpha value is -1.95. The standard InChI is InChI=1S/C11H10N2O4/c14-10-5-17-9-3-6-1-2-7(13(15)16)4-8(6)11(9)12-10/h1-2,4,9,11H,3,5H2,(H,12,14)/t9-,11+/m0/s1. The average molecular weight is 234 g/mol. The largest absolute Gasteiger partial charge is 0.366 e. The van der Waals surface area contributed by atoms with Crippen LogP contribution in [0, 0.1) is 10.1 Å². The van der Waals surface area contributed by atoms with Gasteiger partial charge >= 0.3 is 0 Å². The van der Waals surface area contributed by atoms with E-state index in [1.54, 1.807) is 6.07 Å². The topological polar surface area (TPSA) is 81.5 Å². The molecule has 0 spiro atoms. The van der Waals surface area contributed by atoms with Gasteiger partial charge < -0.3 is 10.1 Å². The van der Waals surface area contributed by atoms with Crippen LogP contribution < -0.4 is 5.32 Å². The Morgan fingerprint density at radius 2 is 2.29 bits per heavy atom. The second kappa shape index (κ2) is 3.53. The van der Waals surface area contributed by atoms with E-state index in [9.17, 15) is 14.9 Å². The highest BCUT2D eigenvalue weighted by atomic mass is 16.6. The summed E-state index contributed by atoms with van der Waals surface area (Å²) in [6.07, 6.45) is 0.600. The fourth-order valence-corrected chi connectivity index (χ4v) is 2.43. The number of hydrogen-bond acceptors (Lipinski definition) is 4. The number of nitro groups is 1. The molecule has 6 nitrogen and oxygen atoms in total. The molecular formula is C11H10N2O4. The third kappa shape index (κ3) is 1.57. The van der Waals surface area contributed by atoms with Crippen molar-refractivity contribution >= 4 is 11.6 Å². The minimum atomic E-state index is -0.431. The van der Waals surface area contributed by atoms with Crippen LogP contribution in [0.15, 0.2) is 18.2 Å². The van der Waals surface area contributed by atoms with Gasteiger partial charge in [-0.05, 0) is 11.1 Å². The summed E-state index contributed by atoms with van der Waals surface area (Å²) in [5, 5.41) is 13.5. The summed E-state index contributed by atoms with van der Waals surface area (Å²) in [4.78, 5) is 21.5. The van der Waals surface area contributed by atoms with Crippen molar-refractivity contribution in [1.82, 2.24) is 5.32 Å². The smallest absolute Gasteiger partial charge is 0.269 e. The molecule has 2 atom stereocenters. The maximum absolute atomic E-state index is 11.3. The first-order valence-electron chi connectivity index (χ1n) is 5.33. The van der Waals surface area contributed by atoms with Gasteiger partial charge in [-0.3, -0.25) is 14.9 Å². The van der Waals surface area contributed by atoms with Crippen LogP contribution in [0.2, 0.25) is 0 Å². The molecule has 0 bridgehead atoms. The molecule has 1 aliphatic heterocycles. The second-order valence-corrected chi connectivity index (χ2v) is 4.24. The van der Waals surface area contributed by atoms with Crippen molar-refractivity contribution in [3.8, 4) is 0 Å². The van der Waals surface area contributed by atoms with Gasteiger partial charge in [-0.15, -0.1) is 0 Å². The number of amides is 1. The number of morpholine rings is 1. The van der Waals surface area contributed by atoms with Crippen molar-refractivity contribution in [2.75, 3.05) is 6.61 Å². The van der Waals surface area contributed by atoms with E-state index >= 15 is 0 Å². The van der Waals surface area contributed by atoms with Crippen molar-refractivity contribution in [2.24, 2.45) is 0 Å². The van der Waals surface area contributed by atoms with Gasteiger partial charge in [-0.1, -0.05) is 6.07 Å². The number of carbonyl (C=O) groups excluding carboxylic acids is 1. The number of benzene rings is 1. The molecule has 0 saturated carbocycles. The van der Waals surface area contributed by atoms with Gasteiger partial charge in [-0.25, -0.2) is 0 Å². The zero-order chi connectivity index (χ0) is 12.0. The first-order chi connectivity index (χ1) is 8.15. The molecule has 1 aromatic rings. The lowest BCUT2D eigenvalue weighted by Crippen LogP contribution is -2.43. The molecule has 1 aromatic carbocycles. The number of nitro benzene ring substituents is 1. The third-order valence-electron chi connectivity index (χ3n) is 3.21. The van der Waals surface area contributed by atoms with Gasteiger partial charge in [0.15, 0.2) is 0 Å². The van der Waals surface area contributed by atoms with Crippen LogP contribution in [0.5, 0.6) is 0 Å². The Morgan fingerprint density at radius 1 is 1.47 bits per heavy atom. The van der Waals surface area contributed by atoms with E-state index in [2.05, 4.69) is 5.32 Å². The van der Waals surface area contributed by atoms with Gasteiger partial charge in [-0.2, -0.15) is 0 Å². The maximum atomic E-state index is 11.3. The molecule has 1 fully saturated rings. The van der Waals surface area contributed by atoms with Crippen LogP contribution >= 0.6 is 0 Å². The van der Waals surface area contributed by atoms with Gasteiger partial charge in [0.2, 0.25) is 5.91 Å². The Bertz CT molecular complexity index is 514. The molecule has 6 heteroatoms. The molecule has 1 N–H and O–H groups in total. The van der Waals surface area contributed by atoms with Crippen molar-refractivity contribution in [3.63, 3.8) is 0 Å². The third-order valence-corrected chi connectivity index (χ3v) is 3.21. The van der Waals surface area contributed by atoms with E-state index in [-0.39, 0.29) is 30.3 Å². The van der Waals surface area contributed by atoms with E-state index in [4.69, 9.17) is 4.74 Å². The number of hydrogen-bond donors (Lipinski definition) is 1. The highest BCUT2D eigenvalue weighted by molar-refractivity contribution is 5.79. The molecule has 88 valence electrons. The minimum absolute atomic E-state index is 0.0456. The zero-order valence-corrected chi connectivity index (χ0v) is 8.88. The monoisotopic (exact) mass is 234 g/mol. The predicted molar refractivity (Wildman–Crippen MR) is 57.4 cm³/mol. The van der Waals surface area contributed by atoms with E-state index < -0.39 is 4.92 Å². The van der Waals surface area contributed by atoms with Crippen LogP contribution in [-0.4, -0.2) is 23.5 Å². The summed E-state index contributed by atoms with van der Waals surface area (Å²) in [7, 11) is 0. The molecule has 1 amide bonds. The number of nitrogens with zero attached hydrogens (tertiary/aromatic N) is 1. The number of rotatable bonds is 1. The molecule has 2 aliphatic rings. The summed E-state index contributed by atoms with van der Waals surface area (Å²) < 4.78 is 5.42. The molecule has 0 unspecified atom stereocenters. The van der Waals surface area contributed by atoms with Crippen LogP contribution in [-0.2, 0) is 16.0 Å². The fourth-order valence-electron chi connectivity index (χ4n) is 2.43. The Balaban J connectivity index is 2.01. The number of carbonyl (C=O) groups is 1. The highest BCUT2D eigenvalue weighted by Crippen LogP contribution is 2.36. The lowest BCUT2D eigenvalue weighted by molar-refractivity contribution is -0.384. The molecule has 1 aliphatic carbocycles. The SMILES string of the molecule is O=C1CO[C@H]2Cc3ccc([N+](=O)[O-])cc3[C@H]2N1. The molecule has 1 heterocycles. The van der Waals surface area contributed by atoms with E-state index in [0.717, 1.165) is 11.1 Å². The van der Waals surface area contributed by atoms with Crippen molar-refractivity contribution < 1.29 is 14.5 Å². The molecule has 0 aromatic heterocycles. The summed E-state index contributed by atoms with van der Waals surface area (Å²) in [6.45, 7) is 0.0667. The average Bonchev–Trinajstić information content (AvgIpc) is 2.66.